The third kappa shape index (κ3) is 8.28. The lowest BCUT2D eigenvalue weighted by Gasteiger charge is -2.31. The van der Waals surface area contributed by atoms with Crippen molar-refractivity contribution in [3.8, 4) is 11.5 Å². The summed E-state index contributed by atoms with van der Waals surface area (Å²) in [5.74, 6) is 0.857. The molecule has 1 N–H and O–H groups in total. The van der Waals surface area contributed by atoms with Crippen LogP contribution in [0.15, 0.2) is 78.9 Å². The summed E-state index contributed by atoms with van der Waals surface area (Å²) in [6, 6.07) is 24.1. The van der Waals surface area contributed by atoms with Gasteiger partial charge >= 0.3 is 0 Å². The van der Waals surface area contributed by atoms with Crippen LogP contribution in [0.1, 0.15) is 24.5 Å². The van der Waals surface area contributed by atoms with Gasteiger partial charge in [-0.2, -0.15) is 0 Å². The van der Waals surface area contributed by atoms with Crippen molar-refractivity contribution in [3.05, 3.63) is 93.6 Å². The van der Waals surface area contributed by atoms with Gasteiger partial charge in [-0.15, -0.1) is 0 Å². The molecule has 1 atom stereocenters. The minimum absolute atomic E-state index is 0.170. The Kier molecular flexibility index (Phi) is 10.4. The molecule has 2 amide bonds. The van der Waals surface area contributed by atoms with Gasteiger partial charge in [-0.05, 0) is 76.5 Å². The van der Waals surface area contributed by atoms with E-state index in [2.05, 4.69) is 27.9 Å². The predicted molar refractivity (Wildman–Crippen MR) is 145 cm³/mol. The minimum atomic E-state index is -0.692. The highest BCUT2D eigenvalue weighted by Crippen LogP contribution is 2.19. The van der Waals surface area contributed by atoms with Crippen molar-refractivity contribution in [2.45, 2.75) is 32.4 Å². The van der Waals surface area contributed by atoms with E-state index in [-0.39, 0.29) is 25.0 Å². The number of amides is 2. The summed E-state index contributed by atoms with van der Waals surface area (Å²) in [6.07, 6.45) is 1.21. The number of hydrogen-bond acceptors (Lipinski definition) is 4. The zero-order valence-corrected chi connectivity index (χ0v) is 22.2. The van der Waals surface area contributed by atoms with Gasteiger partial charge in [-0.25, -0.2) is 0 Å². The van der Waals surface area contributed by atoms with Gasteiger partial charge in [0.1, 0.15) is 17.5 Å². The number of halogens is 1. The highest BCUT2D eigenvalue weighted by molar-refractivity contribution is 14.1. The van der Waals surface area contributed by atoms with E-state index in [9.17, 15) is 9.59 Å². The molecule has 3 rings (SSSR count). The van der Waals surface area contributed by atoms with Gasteiger partial charge in [-0.1, -0.05) is 49.4 Å². The lowest BCUT2D eigenvalue weighted by Crippen LogP contribution is -2.51. The second kappa shape index (κ2) is 13.7. The standard InChI is InChI=1S/C28H31IN2O4/c1-3-16-30-28(33)26(18-21-8-5-4-6-9-21)31(19-22-10-7-11-25(17-22)34-2)27(32)20-35-24-14-12-23(29)13-15-24/h4-15,17,26H,3,16,18-20H2,1-2H3,(H,30,33)/t26-/m0/s1. The fourth-order valence-electron chi connectivity index (χ4n) is 3.65. The Morgan fingerprint density at radius 3 is 2.34 bits per heavy atom. The molecule has 0 spiro atoms. The van der Waals surface area contributed by atoms with Gasteiger partial charge in [0.05, 0.1) is 7.11 Å². The Hall–Kier alpha value is -3.07. The molecule has 0 saturated carbocycles. The fraction of sp³-hybridized carbons (Fsp3) is 0.286. The summed E-state index contributed by atoms with van der Waals surface area (Å²) in [4.78, 5) is 28.5. The molecule has 3 aromatic rings. The summed E-state index contributed by atoms with van der Waals surface area (Å²) in [6.45, 7) is 2.63. The number of hydrogen-bond donors (Lipinski definition) is 1. The van der Waals surface area contributed by atoms with Gasteiger partial charge in [-0.3, -0.25) is 9.59 Å². The summed E-state index contributed by atoms with van der Waals surface area (Å²) >= 11 is 2.22. The van der Waals surface area contributed by atoms with Crippen molar-refractivity contribution in [2.24, 2.45) is 0 Å². The smallest absolute Gasteiger partial charge is 0.261 e. The van der Waals surface area contributed by atoms with E-state index in [0.29, 0.717) is 24.5 Å². The zero-order chi connectivity index (χ0) is 25.0. The molecule has 0 aliphatic rings. The summed E-state index contributed by atoms with van der Waals surface area (Å²) in [7, 11) is 1.60. The first-order valence-electron chi connectivity index (χ1n) is 11.6. The van der Waals surface area contributed by atoms with Crippen LogP contribution in [0.25, 0.3) is 0 Å². The Morgan fingerprint density at radius 2 is 1.66 bits per heavy atom. The molecule has 184 valence electrons. The number of ether oxygens (including phenoxy) is 2. The second-order valence-electron chi connectivity index (χ2n) is 8.11. The quantitative estimate of drug-likeness (QED) is 0.309. The molecular formula is C28H31IN2O4. The molecule has 0 radical (unpaired) electrons. The third-order valence-electron chi connectivity index (χ3n) is 5.48. The van der Waals surface area contributed by atoms with E-state index >= 15 is 0 Å². The summed E-state index contributed by atoms with van der Waals surface area (Å²) in [5.41, 5.74) is 1.85. The van der Waals surface area contributed by atoms with Crippen molar-refractivity contribution >= 4 is 34.4 Å². The number of nitrogens with one attached hydrogen (secondary N) is 1. The fourth-order valence-corrected chi connectivity index (χ4v) is 4.01. The first-order chi connectivity index (χ1) is 17.0. The highest BCUT2D eigenvalue weighted by atomic mass is 127. The molecule has 0 bridgehead atoms. The molecule has 0 fully saturated rings. The predicted octanol–water partition coefficient (Wildman–Crippen LogP) is 4.84. The van der Waals surface area contributed by atoms with E-state index in [1.807, 2.05) is 85.8 Å². The Labute approximate surface area is 220 Å². The highest BCUT2D eigenvalue weighted by Gasteiger charge is 2.30. The van der Waals surface area contributed by atoms with Crippen LogP contribution in [0.5, 0.6) is 11.5 Å². The average Bonchev–Trinajstić information content (AvgIpc) is 2.89. The van der Waals surface area contributed by atoms with Crippen LogP contribution in [0.4, 0.5) is 0 Å². The Bertz CT molecular complexity index is 1090. The topological polar surface area (TPSA) is 67.9 Å². The lowest BCUT2D eigenvalue weighted by molar-refractivity contribution is -0.142. The summed E-state index contributed by atoms with van der Waals surface area (Å²) < 4.78 is 12.2. The molecule has 0 heterocycles. The number of rotatable bonds is 12. The van der Waals surface area contributed by atoms with Gasteiger partial charge in [0, 0.05) is 23.1 Å². The van der Waals surface area contributed by atoms with Crippen molar-refractivity contribution in [2.75, 3.05) is 20.3 Å². The maximum atomic E-state index is 13.5. The van der Waals surface area contributed by atoms with Crippen molar-refractivity contribution in [1.82, 2.24) is 10.2 Å². The van der Waals surface area contributed by atoms with Gasteiger partial charge in [0.15, 0.2) is 6.61 Å². The van der Waals surface area contributed by atoms with Gasteiger partial charge in [0.2, 0.25) is 5.91 Å². The first-order valence-corrected chi connectivity index (χ1v) is 12.7. The Morgan fingerprint density at radius 1 is 0.943 bits per heavy atom. The van der Waals surface area contributed by atoms with Crippen LogP contribution in [0.3, 0.4) is 0 Å². The normalized spacial score (nSPS) is 11.4. The molecule has 0 saturated heterocycles. The second-order valence-corrected chi connectivity index (χ2v) is 9.36. The molecule has 7 heteroatoms. The van der Waals surface area contributed by atoms with Crippen molar-refractivity contribution in [1.29, 1.82) is 0 Å². The van der Waals surface area contributed by atoms with Crippen LogP contribution in [-0.2, 0) is 22.6 Å². The van der Waals surface area contributed by atoms with E-state index < -0.39 is 6.04 Å². The van der Waals surface area contributed by atoms with E-state index in [1.54, 1.807) is 12.0 Å². The molecule has 35 heavy (non-hydrogen) atoms. The largest absolute Gasteiger partial charge is 0.497 e. The zero-order valence-electron chi connectivity index (χ0n) is 20.1. The SMILES string of the molecule is CCCNC(=O)[C@H](Cc1ccccc1)N(Cc1cccc(OC)c1)C(=O)COc1ccc(I)cc1. The number of carbonyl (C=O) groups is 2. The first kappa shape index (κ1) is 26.5. The maximum Gasteiger partial charge on any atom is 0.261 e. The number of benzene rings is 3. The number of carbonyl (C=O) groups excluding carboxylic acids is 2. The molecule has 0 aliphatic carbocycles. The average molecular weight is 586 g/mol. The van der Waals surface area contributed by atoms with Crippen LogP contribution < -0.4 is 14.8 Å². The Balaban J connectivity index is 1.89. The molecule has 3 aromatic carbocycles. The van der Waals surface area contributed by atoms with E-state index in [4.69, 9.17) is 9.47 Å². The summed E-state index contributed by atoms with van der Waals surface area (Å²) in [5, 5.41) is 2.98. The maximum absolute atomic E-state index is 13.5. The van der Waals surface area contributed by atoms with Crippen molar-refractivity contribution < 1.29 is 19.1 Å². The molecule has 6 nitrogen and oxygen atoms in total. The third-order valence-corrected chi connectivity index (χ3v) is 6.20. The molecule has 0 aromatic heterocycles. The van der Waals surface area contributed by atoms with Gasteiger partial charge < -0.3 is 19.7 Å². The monoisotopic (exact) mass is 586 g/mol. The lowest BCUT2D eigenvalue weighted by atomic mass is 10.0. The van der Waals surface area contributed by atoms with Crippen molar-refractivity contribution in [3.63, 3.8) is 0 Å². The van der Waals surface area contributed by atoms with Crippen LogP contribution >= 0.6 is 22.6 Å². The molecule has 0 unspecified atom stereocenters. The van der Waals surface area contributed by atoms with E-state index in [0.717, 1.165) is 21.1 Å². The van der Waals surface area contributed by atoms with Crippen LogP contribution in [0, 0.1) is 3.57 Å². The molecule has 0 aliphatic heterocycles. The van der Waals surface area contributed by atoms with E-state index in [1.165, 1.54) is 0 Å². The number of nitrogens with zero attached hydrogens (tertiary/aromatic N) is 1. The molecular weight excluding hydrogens is 555 g/mol. The minimum Gasteiger partial charge on any atom is -0.497 e. The van der Waals surface area contributed by atoms with Gasteiger partial charge in [0.25, 0.3) is 5.91 Å². The van der Waals surface area contributed by atoms with Crippen LogP contribution in [0.2, 0.25) is 0 Å². The number of methoxy groups -OCH3 is 1. The van der Waals surface area contributed by atoms with Crippen LogP contribution in [-0.4, -0.2) is 43.0 Å².